The molecule has 24 heavy (non-hydrogen) atoms. The number of thiophene rings is 1. The van der Waals surface area contributed by atoms with Gasteiger partial charge in [0.1, 0.15) is 0 Å². The number of hydrogen-bond donors (Lipinski definition) is 2. The van der Waals surface area contributed by atoms with Crippen LogP contribution in [0.4, 0.5) is 11.4 Å². The Bertz CT molecular complexity index is 844. The number of anilines is 2. The zero-order valence-electron chi connectivity index (χ0n) is 13.5. The summed E-state index contributed by atoms with van der Waals surface area (Å²) in [6, 6.07) is 17.5. The molecule has 2 aromatic carbocycles. The molecule has 0 radical (unpaired) electrons. The Hall–Kier alpha value is -2.24. The lowest BCUT2D eigenvalue weighted by molar-refractivity contribution is 0.102. The molecule has 0 bridgehead atoms. The Morgan fingerprint density at radius 1 is 0.958 bits per heavy atom. The van der Waals surface area contributed by atoms with E-state index in [4.69, 9.17) is 0 Å². The van der Waals surface area contributed by atoms with Crippen LogP contribution in [0, 0.1) is 13.8 Å². The van der Waals surface area contributed by atoms with Gasteiger partial charge in [0.2, 0.25) is 0 Å². The van der Waals surface area contributed by atoms with E-state index >= 15 is 0 Å². The highest BCUT2D eigenvalue weighted by Crippen LogP contribution is 2.25. The molecule has 0 saturated carbocycles. The highest BCUT2D eigenvalue weighted by Gasteiger charge is 2.08. The van der Waals surface area contributed by atoms with E-state index in [0.29, 0.717) is 5.56 Å². The van der Waals surface area contributed by atoms with Crippen molar-refractivity contribution in [2.24, 2.45) is 0 Å². The van der Waals surface area contributed by atoms with Crippen molar-refractivity contribution in [3.63, 3.8) is 0 Å². The van der Waals surface area contributed by atoms with Crippen molar-refractivity contribution in [1.29, 1.82) is 0 Å². The number of benzene rings is 2. The summed E-state index contributed by atoms with van der Waals surface area (Å²) in [4.78, 5) is 12.5. The lowest BCUT2D eigenvalue weighted by Crippen LogP contribution is -2.12. The molecule has 0 aliphatic rings. The molecule has 1 amide bonds. The van der Waals surface area contributed by atoms with E-state index in [1.807, 2.05) is 60.8 Å². The highest BCUT2D eigenvalue weighted by molar-refractivity contribution is 8.02. The van der Waals surface area contributed by atoms with E-state index in [-0.39, 0.29) is 5.91 Å². The standard InChI is InChI=1S/C19H18N2OS2/c1-13-8-9-16(11-14(13)2)20-19(22)15-5-3-6-17(12-15)21-24-18-7-4-10-23-18/h3-12,21H,1-2H3,(H,20,22). The lowest BCUT2D eigenvalue weighted by Gasteiger charge is -2.09. The topological polar surface area (TPSA) is 41.1 Å². The van der Waals surface area contributed by atoms with Crippen LogP contribution in [0.25, 0.3) is 0 Å². The first-order valence-corrected chi connectivity index (χ1v) is 9.26. The second-order valence-electron chi connectivity index (χ2n) is 5.47. The maximum atomic E-state index is 12.5. The third-order valence-corrected chi connectivity index (χ3v) is 5.53. The summed E-state index contributed by atoms with van der Waals surface area (Å²) < 4.78 is 4.45. The van der Waals surface area contributed by atoms with E-state index in [0.717, 1.165) is 16.9 Å². The normalized spacial score (nSPS) is 10.4. The molecule has 5 heteroatoms. The smallest absolute Gasteiger partial charge is 0.255 e. The first-order valence-electron chi connectivity index (χ1n) is 7.57. The van der Waals surface area contributed by atoms with Gasteiger partial charge in [-0.05, 0) is 78.7 Å². The summed E-state index contributed by atoms with van der Waals surface area (Å²) in [5.74, 6) is -0.108. The van der Waals surface area contributed by atoms with E-state index < -0.39 is 0 Å². The molecule has 0 fully saturated rings. The highest BCUT2D eigenvalue weighted by atomic mass is 32.2. The largest absolute Gasteiger partial charge is 0.325 e. The maximum absolute atomic E-state index is 12.5. The maximum Gasteiger partial charge on any atom is 0.255 e. The van der Waals surface area contributed by atoms with Crippen LogP contribution in [0.3, 0.4) is 0 Å². The minimum atomic E-state index is -0.108. The van der Waals surface area contributed by atoms with Crippen molar-refractivity contribution in [3.05, 3.63) is 76.7 Å². The van der Waals surface area contributed by atoms with Crippen molar-refractivity contribution in [2.75, 3.05) is 10.0 Å². The molecule has 0 spiro atoms. The van der Waals surface area contributed by atoms with Crippen LogP contribution >= 0.6 is 23.3 Å². The van der Waals surface area contributed by atoms with Crippen LogP contribution in [0.15, 0.2) is 64.2 Å². The second-order valence-corrected chi connectivity index (χ2v) is 7.52. The van der Waals surface area contributed by atoms with Crippen molar-refractivity contribution in [1.82, 2.24) is 0 Å². The van der Waals surface area contributed by atoms with Gasteiger partial charge in [-0.15, -0.1) is 11.3 Å². The molecular formula is C19H18N2OS2. The summed E-state index contributed by atoms with van der Waals surface area (Å²) in [6.45, 7) is 4.10. The Balaban J connectivity index is 1.68. The molecule has 3 aromatic rings. The molecule has 3 nitrogen and oxygen atoms in total. The van der Waals surface area contributed by atoms with Gasteiger partial charge in [-0.25, -0.2) is 0 Å². The Morgan fingerprint density at radius 2 is 1.83 bits per heavy atom. The zero-order valence-corrected chi connectivity index (χ0v) is 15.1. The molecule has 0 atom stereocenters. The van der Waals surface area contributed by atoms with E-state index in [1.54, 1.807) is 23.3 Å². The number of aryl methyl sites for hydroxylation is 2. The fourth-order valence-corrected chi connectivity index (χ4v) is 3.60. The van der Waals surface area contributed by atoms with Crippen LogP contribution in [-0.2, 0) is 0 Å². The Kier molecular flexibility index (Phi) is 5.23. The van der Waals surface area contributed by atoms with Gasteiger partial charge >= 0.3 is 0 Å². The van der Waals surface area contributed by atoms with E-state index in [1.165, 1.54) is 9.77 Å². The second kappa shape index (κ2) is 7.55. The van der Waals surface area contributed by atoms with Gasteiger partial charge in [-0.1, -0.05) is 18.2 Å². The summed E-state index contributed by atoms with van der Waals surface area (Å²) in [5.41, 5.74) is 4.72. The molecular weight excluding hydrogens is 336 g/mol. The third-order valence-electron chi connectivity index (χ3n) is 3.65. The molecule has 0 aliphatic heterocycles. The molecule has 1 heterocycles. The number of hydrogen-bond acceptors (Lipinski definition) is 4. The quantitative estimate of drug-likeness (QED) is 0.574. The summed E-state index contributed by atoms with van der Waals surface area (Å²) in [5, 5.41) is 4.99. The van der Waals surface area contributed by atoms with Gasteiger partial charge in [-0.3, -0.25) is 4.79 Å². The van der Waals surface area contributed by atoms with Gasteiger partial charge in [0.25, 0.3) is 5.91 Å². The zero-order chi connectivity index (χ0) is 16.9. The molecule has 0 saturated heterocycles. The molecule has 0 aliphatic carbocycles. The van der Waals surface area contributed by atoms with Crippen LogP contribution in [0.2, 0.25) is 0 Å². The van der Waals surface area contributed by atoms with Crippen molar-refractivity contribution < 1.29 is 4.79 Å². The monoisotopic (exact) mass is 354 g/mol. The summed E-state index contributed by atoms with van der Waals surface area (Å²) in [7, 11) is 0. The summed E-state index contributed by atoms with van der Waals surface area (Å²) in [6.07, 6.45) is 0. The van der Waals surface area contributed by atoms with Gasteiger partial charge in [-0.2, -0.15) is 0 Å². The predicted octanol–water partition coefficient (Wildman–Crippen LogP) is 5.74. The van der Waals surface area contributed by atoms with Crippen molar-refractivity contribution in [2.45, 2.75) is 18.1 Å². The number of rotatable bonds is 5. The van der Waals surface area contributed by atoms with Gasteiger partial charge < -0.3 is 10.0 Å². The molecule has 1 aromatic heterocycles. The number of amides is 1. The SMILES string of the molecule is Cc1ccc(NC(=O)c2cccc(NSc3cccs3)c2)cc1C. The fourth-order valence-electron chi connectivity index (χ4n) is 2.18. The van der Waals surface area contributed by atoms with Gasteiger partial charge in [0.05, 0.1) is 4.21 Å². The van der Waals surface area contributed by atoms with Crippen molar-refractivity contribution >= 4 is 40.6 Å². The van der Waals surface area contributed by atoms with Crippen LogP contribution in [0.5, 0.6) is 0 Å². The molecule has 0 unspecified atom stereocenters. The fraction of sp³-hybridized carbons (Fsp3) is 0.105. The van der Waals surface area contributed by atoms with Gasteiger partial charge in [0, 0.05) is 16.9 Å². The van der Waals surface area contributed by atoms with Crippen molar-refractivity contribution in [3.8, 4) is 0 Å². The lowest BCUT2D eigenvalue weighted by atomic mass is 10.1. The van der Waals surface area contributed by atoms with Crippen LogP contribution in [0.1, 0.15) is 21.5 Å². The average molecular weight is 355 g/mol. The predicted molar refractivity (Wildman–Crippen MR) is 104 cm³/mol. The number of nitrogens with one attached hydrogen (secondary N) is 2. The summed E-state index contributed by atoms with van der Waals surface area (Å²) >= 11 is 3.22. The Labute approximate surface area is 150 Å². The minimum Gasteiger partial charge on any atom is -0.325 e. The van der Waals surface area contributed by atoms with E-state index in [2.05, 4.69) is 23.0 Å². The van der Waals surface area contributed by atoms with E-state index in [9.17, 15) is 4.79 Å². The molecule has 122 valence electrons. The van der Waals surface area contributed by atoms with Gasteiger partial charge in [0.15, 0.2) is 0 Å². The van der Waals surface area contributed by atoms with Crippen LogP contribution < -0.4 is 10.0 Å². The molecule has 2 N–H and O–H groups in total. The molecule has 3 rings (SSSR count). The third kappa shape index (κ3) is 4.19. The average Bonchev–Trinajstić information content (AvgIpc) is 3.10. The van der Waals surface area contributed by atoms with Crippen LogP contribution in [-0.4, -0.2) is 5.91 Å². The number of carbonyl (C=O) groups excluding carboxylic acids is 1. The first kappa shape index (κ1) is 16.6. The first-order chi connectivity index (χ1) is 11.6. The number of carbonyl (C=O) groups is 1. The Morgan fingerprint density at radius 3 is 2.58 bits per heavy atom. The minimum absolute atomic E-state index is 0.108.